The summed E-state index contributed by atoms with van der Waals surface area (Å²) in [6.07, 6.45) is 43.7. The maximum Gasteiger partial charge on any atom is 0.397 e. The summed E-state index contributed by atoms with van der Waals surface area (Å²) in [7, 11) is -5.13. The van der Waals surface area contributed by atoms with Crippen LogP contribution in [0.25, 0.3) is 0 Å². The Balaban J connectivity index is 2.49. The van der Waals surface area contributed by atoms with E-state index in [0.29, 0.717) is 12.8 Å². The van der Waals surface area contributed by atoms with Gasteiger partial charge in [-0.25, -0.2) is 4.18 Å². The second-order valence-electron chi connectivity index (χ2n) is 19.7. The minimum absolute atomic E-state index is 0.230. The molecule has 1 heterocycles. The number of aliphatic hydroxyl groups is 5. The Morgan fingerprint density at radius 3 is 1.39 bits per heavy atom. The maximum absolute atomic E-state index is 13.2. The molecule has 1 amide bonds. The fourth-order valence-electron chi connectivity index (χ4n) is 8.83. The standard InChI is InChI=1S/C55H103NO12S/c1-3-5-7-9-11-13-15-17-19-21-23-25-27-29-31-33-35-37-39-41-43-48(58)47(46-66-55-52(61)53(68-69(63,64)65)51(60)50(45-57)67-55)56-54(62)49(59)44-42-40-38-36-34-32-30-28-26-24-22-20-18-16-14-12-10-8-6-4-2/h26,28,33,35,41,43,47-53,55,57-61H,3-25,27,29-32,34,36-40,42,44-46H2,1-2H3,(H,56,62)(H,63,64,65)/b28-26-,35-33+,43-41+. The van der Waals surface area contributed by atoms with Crippen molar-refractivity contribution in [3.05, 3.63) is 36.5 Å². The van der Waals surface area contributed by atoms with Gasteiger partial charge >= 0.3 is 10.4 Å². The van der Waals surface area contributed by atoms with E-state index < -0.39 is 78.5 Å². The Morgan fingerprint density at radius 1 is 0.580 bits per heavy atom. The first-order chi connectivity index (χ1) is 33.4. The van der Waals surface area contributed by atoms with E-state index in [4.69, 9.17) is 9.47 Å². The van der Waals surface area contributed by atoms with Crippen molar-refractivity contribution in [1.82, 2.24) is 5.32 Å². The van der Waals surface area contributed by atoms with Crippen LogP contribution in [0, 0.1) is 0 Å². The van der Waals surface area contributed by atoms with Crippen molar-refractivity contribution in [3.8, 4) is 0 Å². The molecule has 0 saturated carbocycles. The number of hydrogen-bond donors (Lipinski definition) is 7. The average Bonchev–Trinajstić information content (AvgIpc) is 3.32. The number of amides is 1. The number of aliphatic hydroxyl groups excluding tert-OH is 5. The molecule has 1 saturated heterocycles. The van der Waals surface area contributed by atoms with Crippen LogP contribution in [0.2, 0.25) is 0 Å². The van der Waals surface area contributed by atoms with Gasteiger partial charge in [-0.2, -0.15) is 8.42 Å². The van der Waals surface area contributed by atoms with E-state index in [0.717, 1.165) is 64.2 Å². The van der Waals surface area contributed by atoms with Crippen LogP contribution in [0.4, 0.5) is 0 Å². The molecule has 0 aromatic carbocycles. The number of carbonyl (C=O) groups is 1. The summed E-state index contributed by atoms with van der Waals surface area (Å²) < 4.78 is 47.7. The van der Waals surface area contributed by atoms with E-state index in [1.54, 1.807) is 6.08 Å². The lowest BCUT2D eigenvalue weighted by Crippen LogP contribution is -2.61. The Hall–Kier alpha value is -1.72. The lowest BCUT2D eigenvalue weighted by Gasteiger charge is -2.41. The van der Waals surface area contributed by atoms with Gasteiger partial charge in [-0.1, -0.05) is 224 Å². The SMILES string of the molecule is CCCCCCCCCCCC/C=C\CCCCCCCCC(O)C(=O)NC(COC1OC(CO)C(O)C(OS(=O)(=O)O)C1O)C(O)/C=C/CC/C=C/CCCCCCCCCCCCCCCC. The quantitative estimate of drug-likeness (QED) is 0.0172. The molecular weight excluding hydrogens is 899 g/mol. The predicted molar refractivity (Wildman–Crippen MR) is 279 cm³/mol. The summed E-state index contributed by atoms with van der Waals surface area (Å²) in [5.41, 5.74) is 0. The van der Waals surface area contributed by atoms with Crippen molar-refractivity contribution < 1.29 is 57.0 Å². The highest BCUT2D eigenvalue weighted by atomic mass is 32.3. The average molecular weight is 1000 g/mol. The lowest BCUT2D eigenvalue weighted by atomic mass is 9.99. The molecule has 69 heavy (non-hydrogen) atoms. The number of allylic oxidation sites excluding steroid dienone is 5. The van der Waals surface area contributed by atoms with E-state index in [9.17, 15) is 43.3 Å². The molecular formula is C55H103NO12S. The largest absolute Gasteiger partial charge is 0.397 e. The molecule has 0 aromatic rings. The van der Waals surface area contributed by atoms with Crippen LogP contribution in [0.15, 0.2) is 36.5 Å². The van der Waals surface area contributed by atoms with E-state index in [2.05, 4.69) is 47.7 Å². The Labute approximate surface area is 420 Å². The number of ether oxygens (including phenoxy) is 2. The number of hydrogen-bond acceptors (Lipinski definition) is 11. The molecule has 1 aliphatic heterocycles. The Bertz CT molecular complexity index is 1380. The van der Waals surface area contributed by atoms with Gasteiger partial charge in [0, 0.05) is 0 Å². The van der Waals surface area contributed by atoms with E-state index in [1.807, 2.05) is 0 Å². The first kappa shape index (κ1) is 65.3. The minimum atomic E-state index is -5.13. The smallest absolute Gasteiger partial charge is 0.394 e. The van der Waals surface area contributed by atoms with Crippen LogP contribution in [0.3, 0.4) is 0 Å². The highest BCUT2D eigenvalue weighted by molar-refractivity contribution is 7.80. The van der Waals surface area contributed by atoms with Gasteiger partial charge in [-0.3, -0.25) is 9.35 Å². The topological polar surface area (TPSA) is 212 Å². The molecule has 8 unspecified atom stereocenters. The van der Waals surface area contributed by atoms with Gasteiger partial charge in [0.2, 0.25) is 5.91 Å². The fourth-order valence-corrected chi connectivity index (χ4v) is 9.33. The molecule has 8 atom stereocenters. The first-order valence-corrected chi connectivity index (χ1v) is 29.3. The normalized spacial score (nSPS) is 20.4. The highest BCUT2D eigenvalue weighted by Crippen LogP contribution is 2.26. The predicted octanol–water partition coefficient (Wildman–Crippen LogP) is 11.6. The summed E-state index contributed by atoms with van der Waals surface area (Å²) in [5, 5.41) is 55.5. The van der Waals surface area contributed by atoms with Crippen LogP contribution < -0.4 is 5.32 Å². The summed E-state index contributed by atoms with van der Waals surface area (Å²) in [6, 6.07) is -1.14. The molecule has 7 N–H and O–H groups in total. The molecule has 0 spiro atoms. The van der Waals surface area contributed by atoms with Gasteiger partial charge in [-0.15, -0.1) is 0 Å². The molecule has 14 heteroatoms. The van der Waals surface area contributed by atoms with Crippen LogP contribution >= 0.6 is 0 Å². The summed E-state index contributed by atoms with van der Waals surface area (Å²) in [4.78, 5) is 13.2. The fraction of sp³-hybridized carbons (Fsp3) is 0.873. The first-order valence-electron chi connectivity index (χ1n) is 28.0. The maximum atomic E-state index is 13.2. The summed E-state index contributed by atoms with van der Waals surface area (Å²) >= 11 is 0. The lowest BCUT2D eigenvalue weighted by molar-refractivity contribution is -0.298. The second kappa shape index (κ2) is 44.9. The van der Waals surface area contributed by atoms with Crippen molar-refractivity contribution in [1.29, 1.82) is 0 Å². The van der Waals surface area contributed by atoms with Crippen LogP contribution in [0.5, 0.6) is 0 Å². The van der Waals surface area contributed by atoms with Crippen LogP contribution in [-0.2, 0) is 28.9 Å². The molecule has 1 fully saturated rings. The Morgan fingerprint density at radius 2 is 0.971 bits per heavy atom. The van der Waals surface area contributed by atoms with Crippen LogP contribution in [0.1, 0.15) is 245 Å². The van der Waals surface area contributed by atoms with Gasteiger partial charge in [0.25, 0.3) is 0 Å². The molecule has 0 bridgehead atoms. The monoisotopic (exact) mass is 1000 g/mol. The molecule has 0 radical (unpaired) electrons. The van der Waals surface area contributed by atoms with Crippen molar-refractivity contribution in [2.24, 2.45) is 0 Å². The molecule has 1 aliphatic rings. The number of carbonyl (C=O) groups excluding carboxylic acids is 1. The molecule has 0 aliphatic carbocycles. The third kappa shape index (κ3) is 36.8. The van der Waals surface area contributed by atoms with Gasteiger partial charge < -0.3 is 40.3 Å². The number of rotatable bonds is 48. The van der Waals surface area contributed by atoms with Crippen LogP contribution in [-0.4, -0.2) is 107 Å². The molecule has 1 rings (SSSR count). The zero-order valence-electron chi connectivity index (χ0n) is 43.5. The number of nitrogens with one attached hydrogen (secondary N) is 1. The van der Waals surface area contributed by atoms with Gasteiger partial charge in [0.1, 0.15) is 30.5 Å². The Kier molecular flexibility index (Phi) is 42.5. The zero-order valence-corrected chi connectivity index (χ0v) is 44.3. The van der Waals surface area contributed by atoms with Gasteiger partial charge in [0.15, 0.2) is 6.29 Å². The second-order valence-corrected chi connectivity index (χ2v) is 20.7. The number of unbranched alkanes of at least 4 members (excludes halogenated alkanes) is 31. The van der Waals surface area contributed by atoms with Gasteiger partial charge in [0.05, 0.1) is 25.4 Å². The third-order valence-corrected chi connectivity index (χ3v) is 13.7. The minimum Gasteiger partial charge on any atom is -0.394 e. The van der Waals surface area contributed by atoms with Crippen molar-refractivity contribution in [2.45, 2.75) is 294 Å². The molecule has 406 valence electrons. The zero-order chi connectivity index (χ0) is 50.6. The molecule has 0 aromatic heterocycles. The molecule has 13 nitrogen and oxygen atoms in total. The van der Waals surface area contributed by atoms with Crippen molar-refractivity contribution in [2.75, 3.05) is 13.2 Å². The van der Waals surface area contributed by atoms with Crippen molar-refractivity contribution >= 4 is 16.3 Å². The summed E-state index contributed by atoms with van der Waals surface area (Å²) in [5.74, 6) is -0.714. The summed E-state index contributed by atoms with van der Waals surface area (Å²) in [6.45, 7) is 3.24. The van der Waals surface area contributed by atoms with E-state index >= 15 is 0 Å². The van der Waals surface area contributed by atoms with Gasteiger partial charge in [-0.05, 0) is 57.8 Å². The van der Waals surface area contributed by atoms with Crippen molar-refractivity contribution in [3.63, 3.8) is 0 Å². The van der Waals surface area contributed by atoms with E-state index in [1.165, 1.54) is 154 Å². The third-order valence-electron chi connectivity index (χ3n) is 13.3. The highest BCUT2D eigenvalue weighted by Gasteiger charge is 2.48. The van der Waals surface area contributed by atoms with E-state index in [-0.39, 0.29) is 6.42 Å².